The first-order chi connectivity index (χ1) is 9.83. The molecule has 3 rings (SSSR count). The van der Waals surface area contributed by atoms with Crippen molar-refractivity contribution in [2.24, 2.45) is 0 Å². The van der Waals surface area contributed by atoms with Crippen molar-refractivity contribution < 1.29 is 9.52 Å². The minimum Gasteiger partial charge on any atom is -0.443 e. The molecule has 1 aromatic heterocycles. The third-order valence-corrected chi connectivity index (χ3v) is 4.72. The number of aliphatic hydroxyl groups excluding tert-OH is 1. The van der Waals surface area contributed by atoms with Gasteiger partial charge in [-0.05, 0) is 32.4 Å². The molecular formula is C16H19ClN2O2. The molecule has 5 heteroatoms. The Bertz CT molecular complexity index is 680. The zero-order chi connectivity index (χ0) is 15.4. The lowest BCUT2D eigenvalue weighted by Gasteiger charge is -2.43. The minimum atomic E-state index is -0.521. The van der Waals surface area contributed by atoms with Crippen LogP contribution in [0.15, 0.2) is 23.1 Å². The Hall–Kier alpha value is -1.52. The van der Waals surface area contributed by atoms with Crippen molar-refractivity contribution in [3.8, 4) is 11.3 Å². The predicted molar refractivity (Wildman–Crippen MR) is 83.8 cm³/mol. The Balaban J connectivity index is 2.24. The summed E-state index contributed by atoms with van der Waals surface area (Å²) in [5.74, 6) is 0.572. The van der Waals surface area contributed by atoms with E-state index in [0.29, 0.717) is 10.8 Å². The second kappa shape index (κ2) is 4.75. The van der Waals surface area contributed by atoms with Crippen LogP contribution >= 0.6 is 11.6 Å². The molecule has 0 bridgehead atoms. The lowest BCUT2D eigenvalue weighted by Crippen LogP contribution is -2.50. The number of fused-ring (bicyclic) bond motifs is 1. The molecule has 1 aliphatic heterocycles. The van der Waals surface area contributed by atoms with Crippen LogP contribution in [0.3, 0.4) is 0 Å². The number of benzene rings is 1. The first-order valence-electron chi connectivity index (χ1n) is 7.01. The van der Waals surface area contributed by atoms with Crippen LogP contribution in [-0.4, -0.2) is 21.7 Å². The molecule has 112 valence electrons. The average Bonchev–Trinajstić information content (AvgIpc) is 2.93. The van der Waals surface area contributed by atoms with Gasteiger partial charge in [-0.2, -0.15) is 0 Å². The van der Waals surface area contributed by atoms with Gasteiger partial charge in [-0.3, -0.25) is 0 Å². The van der Waals surface area contributed by atoms with Crippen LogP contribution < -0.4 is 5.32 Å². The standard InChI is InChI=1S/C16H19ClN2O2/c1-8-5-10(11-6-18-7-21-11)13(17)12-9(2)15(20)16(3,4)19-14(8)12/h5-7,9,15,19-20H,1-4H3/t9-,15+/m0/s1. The molecule has 0 radical (unpaired) electrons. The van der Waals surface area contributed by atoms with Gasteiger partial charge < -0.3 is 14.8 Å². The van der Waals surface area contributed by atoms with Crippen LogP contribution in [0.1, 0.15) is 37.8 Å². The molecule has 2 heterocycles. The number of rotatable bonds is 1. The maximum absolute atomic E-state index is 10.5. The summed E-state index contributed by atoms with van der Waals surface area (Å²) >= 11 is 6.60. The number of anilines is 1. The van der Waals surface area contributed by atoms with Gasteiger partial charge in [-0.25, -0.2) is 4.98 Å². The smallest absolute Gasteiger partial charge is 0.181 e. The first kappa shape index (κ1) is 14.4. The summed E-state index contributed by atoms with van der Waals surface area (Å²) in [5.41, 5.74) is 3.44. The van der Waals surface area contributed by atoms with Gasteiger partial charge in [0.15, 0.2) is 12.2 Å². The molecule has 1 aliphatic rings. The van der Waals surface area contributed by atoms with Crippen LogP contribution in [0.5, 0.6) is 0 Å². The van der Waals surface area contributed by atoms with E-state index < -0.39 is 11.6 Å². The Morgan fingerprint density at radius 1 is 1.43 bits per heavy atom. The number of hydrogen-bond donors (Lipinski definition) is 2. The second-order valence-electron chi connectivity index (χ2n) is 6.29. The highest BCUT2D eigenvalue weighted by Crippen LogP contribution is 2.47. The molecular weight excluding hydrogens is 288 g/mol. The molecule has 4 nitrogen and oxygen atoms in total. The summed E-state index contributed by atoms with van der Waals surface area (Å²) in [7, 11) is 0. The summed E-state index contributed by atoms with van der Waals surface area (Å²) in [6.45, 7) is 8.02. The Labute approximate surface area is 129 Å². The van der Waals surface area contributed by atoms with Gasteiger partial charge >= 0.3 is 0 Å². The molecule has 1 aromatic carbocycles. The molecule has 21 heavy (non-hydrogen) atoms. The monoisotopic (exact) mass is 306 g/mol. The van der Waals surface area contributed by atoms with Crippen LogP contribution in [-0.2, 0) is 0 Å². The van der Waals surface area contributed by atoms with E-state index in [1.807, 2.05) is 33.8 Å². The lowest BCUT2D eigenvalue weighted by molar-refractivity contribution is 0.0869. The van der Waals surface area contributed by atoms with Gasteiger partial charge in [-0.1, -0.05) is 18.5 Å². The normalized spacial score (nSPS) is 23.5. The fourth-order valence-electron chi connectivity index (χ4n) is 3.12. The first-order valence-corrected chi connectivity index (χ1v) is 7.39. The van der Waals surface area contributed by atoms with Gasteiger partial charge in [0.25, 0.3) is 0 Å². The van der Waals surface area contributed by atoms with Gasteiger partial charge in [0.05, 0.1) is 22.9 Å². The van der Waals surface area contributed by atoms with Gasteiger partial charge in [-0.15, -0.1) is 0 Å². The maximum Gasteiger partial charge on any atom is 0.181 e. The van der Waals surface area contributed by atoms with E-state index in [2.05, 4.69) is 10.3 Å². The highest BCUT2D eigenvalue weighted by Gasteiger charge is 2.40. The largest absolute Gasteiger partial charge is 0.443 e. The van der Waals surface area contributed by atoms with Crippen molar-refractivity contribution in [2.75, 3.05) is 5.32 Å². The van der Waals surface area contributed by atoms with E-state index in [9.17, 15) is 5.11 Å². The van der Waals surface area contributed by atoms with Crippen molar-refractivity contribution in [3.05, 3.63) is 34.8 Å². The molecule has 0 unspecified atom stereocenters. The predicted octanol–water partition coefficient (Wildman–Crippen LogP) is 3.97. The summed E-state index contributed by atoms with van der Waals surface area (Å²) in [4.78, 5) is 3.95. The van der Waals surface area contributed by atoms with Crippen LogP contribution in [0.4, 0.5) is 5.69 Å². The van der Waals surface area contributed by atoms with E-state index in [4.69, 9.17) is 16.0 Å². The highest BCUT2D eigenvalue weighted by molar-refractivity contribution is 6.34. The van der Waals surface area contributed by atoms with Crippen molar-refractivity contribution in [1.29, 1.82) is 0 Å². The topological polar surface area (TPSA) is 58.3 Å². The molecule has 0 amide bonds. The van der Waals surface area contributed by atoms with Gasteiger partial charge in [0.2, 0.25) is 0 Å². The molecule has 0 saturated carbocycles. The van der Waals surface area contributed by atoms with Gasteiger partial charge in [0, 0.05) is 22.7 Å². The van der Waals surface area contributed by atoms with Crippen LogP contribution in [0.25, 0.3) is 11.3 Å². The highest BCUT2D eigenvalue weighted by atomic mass is 35.5. The summed E-state index contributed by atoms with van der Waals surface area (Å²) in [5, 5.41) is 14.6. The SMILES string of the molecule is Cc1cc(-c2cnco2)c(Cl)c2c1NC(C)(C)[C@H](O)[C@H]2C. The molecule has 0 spiro atoms. The molecule has 0 saturated heterocycles. The molecule has 2 atom stereocenters. The van der Waals surface area contributed by atoms with Crippen molar-refractivity contribution in [1.82, 2.24) is 4.98 Å². The number of nitrogens with one attached hydrogen (secondary N) is 1. The average molecular weight is 307 g/mol. The van der Waals surface area contributed by atoms with E-state index in [1.54, 1.807) is 6.20 Å². The third kappa shape index (κ3) is 2.14. The summed E-state index contributed by atoms with van der Waals surface area (Å²) in [6.07, 6.45) is 2.51. The number of halogens is 1. The quantitative estimate of drug-likeness (QED) is 0.837. The Morgan fingerprint density at radius 2 is 2.14 bits per heavy atom. The number of aryl methyl sites for hydroxylation is 1. The fourth-order valence-corrected chi connectivity index (χ4v) is 3.53. The van der Waals surface area contributed by atoms with E-state index in [-0.39, 0.29) is 5.92 Å². The van der Waals surface area contributed by atoms with Crippen molar-refractivity contribution in [3.63, 3.8) is 0 Å². The molecule has 0 fully saturated rings. The number of oxazole rings is 1. The zero-order valence-electron chi connectivity index (χ0n) is 12.6. The van der Waals surface area contributed by atoms with Crippen molar-refractivity contribution >= 4 is 17.3 Å². The Kier molecular flexibility index (Phi) is 3.26. The third-order valence-electron chi connectivity index (χ3n) is 4.31. The Morgan fingerprint density at radius 3 is 2.76 bits per heavy atom. The zero-order valence-corrected chi connectivity index (χ0v) is 13.3. The van der Waals surface area contributed by atoms with E-state index in [1.165, 1.54) is 6.39 Å². The molecule has 2 aromatic rings. The summed E-state index contributed by atoms with van der Waals surface area (Å²) < 4.78 is 5.37. The van der Waals surface area contributed by atoms with Gasteiger partial charge in [0.1, 0.15) is 0 Å². The van der Waals surface area contributed by atoms with Crippen LogP contribution in [0, 0.1) is 6.92 Å². The van der Waals surface area contributed by atoms with E-state index >= 15 is 0 Å². The lowest BCUT2D eigenvalue weighted by atomic mass is 9.77. The van der Waals surface area contributed by atoms with Crippen molar-refractivity contribution in [2.45, 2.75) is 45.3 Å². The fraction of sp³-hybridized carbons (Fsp3) is 0.438. The second-order valence-corrected chi connectivity index (χ2v) is 6.67. The molecule has 2 N–H and O–H groups in total. The maximum atomic E-state index is 10.5. The number of nitrogens with zero attached hydrogens (tertiary/aromatic N) is 1. The van der Waals surface area contributed by atoms with E-state index in [0.717, 1.165) is 22.4 Å². The minimum absolute atomic E-state index is 0.0645. The summed E-state index contributed by atoms with van der Waals surface area (Å²) in [6, 6.07) is 2.00. The van der Waals surface area contributed by atoms with Crippen LogP contribution in [0.2, 0.25) is 5.02 Å². The number of hydrogen-bond acceptors (Lipinski definition) is 4. The number of aromatic nitrogens is 1. The molecule has 0 aliphatic carbocycles. The number of aliphatic hydroxyl groups is 1.